The Kier molecular flexibility index (Phi) is 4.10. The monoisotopic (exact) mass is 276 g/mol. The minimum absolute atomic E-state index is 0.611. The van der Waals surface area contributed by atoms with Gasteiger partial charge in [0.2, 0.25) is 11.7 Å². The van der Waals surface area contributed by atoms with Crippen molar-refractivity contribution in [2.45, 2.75) is 18.9 Å². The molecule has 3 heterocycles. The fourth-order valence-electron chi connectivity index (χ4n) is 2.05. The lowest BCUT2D eigenvalue weighted by Gasteiger charge is -2.08. The summed E-state index contributed by atoms with van der Waals surface area (Å²) >= 11 is 2.01. The standard InChI is InChI=1S/C13H16N4OS/c1-2-10(8-14-5-1)13-16-12(18-17-13)3-6-15-11-4-7-19-9-11/h1-2,5,8,11,15H,3-4,6-7,9H2/t11-/m0/s1. The minimum Gasteiger partial charge on any atom is -0.339 e. The van der Waals surface area contributed by atoms with E-state index in [-0.39, 0.29) is 0 Å². The molecule has 1 aliphatic heterocycles. The second kappa shape index (κ2) is 6.16. The van der Waals surface area contributed by atoms with Crippen LogP contribution in [0.2, 0.25) is 0 Å². The summed E-state index contributed by atoms with van der Waals surface area (Å²) in [4.78, 5) is 8.43. The van der Waals surface area contributed by atoms with Crippen LogP contribution in [0.5, 0.6) is 0 Å². The smallest absolute Gasteiger partial charge is 0.228 e. The van der Waals surface area contributed by atoms with Crippen LogP contribution >= 0.6 is 11.8 Å². The number of rotatable bonds is 5. The summed E-state index contributed by atoms with van der Waals surface area (Å²) in [6, 6.07) is 4.44. The van der Waals surface area contributed by atoms with Crippen LogP contribution in [0.3, 0.4) is 0 Å². The van der Waals surface area contributed by atoms with Crippen LogP contribution in [-0.4, -0.2) is 39.2 Å². The van der Waals surface area contributed by atoms with E-state index in [9.17, 15) is 0 Å². The minimum atomic E-state index is 0.611. The second-order valence-corrected chi connectivity index (χ2v) is 5.67. The van der Waals surface area contributed by atoms with Gasteiger partial charge < -0.3 is 9.84 Å². The van der Waals surface area contributed by atoms with Crippen molar-refractivity contribution in [3.63, 3.8) is 0 Å². The summed E-state index contributed by atoms with van der Waals surface area (Å²) < 4.78 is 5.25. The van der Waals surface area contributed by atoms with Crippen LogP contribution in [0.1, 0.15) is 12.3 Å². The molecule has 1 atom stereocenters. The average molecular weight is 276 g/mol. The maximum atomic E-state index is 5.25. The molecule has 6 heteroatoms. The third kappa shape index (κ3) is 3.33. The van der Waals surface area contributed by atoms with E-state index in [1.54, 1.807) is 12.4 Å². The van der Waals surface area contributed by atoms with Gasteiger partial charge >= 0.3 is 0 Å². The van der Waals surface area contributed by atoms with E-state index in [0.29, 0.717) is 17.8 Å². The molecule has 19 heavy (non-hydrogen) atoms. The molecule has 0 aliphatic carbocycles. The molecule has 0 saturated carbocycles. The number of pyridine rings is 1. The summed E-state index contributed by atoms with van der Waals surface area (Å²) in [5.74, 6) is 3.77. The number of hydrogen-bond acceptors (Lipinski definition) is 6. The van der Waals surface area contributed by atoms with Crippen LogP contribution in [0.25, 0.3) is 11.4 Å². The van der Waals surface area contributed by atoms with Crippen molar-refractivity contribution in [1.82, 2.24) is 20.4 Å². The third-order valence-electron chi connectivity index (χ3n) is 3.09. The van der Waals surface area contributed by atoms with E-state index >= 15 is 0 Å². The average Bonchev–Trinajstić information content (AvgIpc) is 3.11. The number of nitrogens with zero attached hydrogens (tertiary/aromatic N) is 3. The van der Waals surface area contributed by atoms with E-state index in [2.05, 4.69) is 20.4 Å². The first-order valence-corrected chi connectivity index (χ1v) is 7.61. The van der Waals surface area contributed by atoms with Crippen LogP contribution in [-0.2, 0) is 6.42 Å². The van der Waals surface area contributed by atoms with E-state index in [4.69, 9.17) is 4.52 Å². The van der Waals surface area contributed by atoms with Crippen molar-refractivity contribution < 1.29 is 4.52 Å². The van der Waals surface area contributed by atoms with Crippen LogP contribution in [0.15, 0.2) is 29.0 Å². The first-order chi connectivity index (χ1) is 9.42. The molecule has 0 amide bonds. The van der Waals surface area contributed by atoms with Crippen molar-refractivity contribution in [3.8, 4) is 11.4 Å². The molecular weight excluding hydrogens is 260 g/mol. The highest BCUT2D eigenvalue weighted by Crippen LogP contribution is 2.17. The van der Waals surface area contributed by atoms with E-state index < -0.39 is 0 Å². The first kappa shape index (κ1) is 12.6. The largest absolute Gasteiger partial charge is 0.339 e. The molecule has 3 rings (SSSR count). The van der Waals surface area contributed by atoms with Gasteiger partial charge in [-0.15, -0.1) is 0 Å². The van der Waals surface area contributed by atoms with E-state index in [1.165, 1.54) is 17.9 Å². The Morgan fingerprint density at radius 3 is 3.26 bits per heavy atom. The highest BCUT2D eigenvalue weighted by Gasteiger charge is 2.15. The van der Waals surface area contributed by atoms with Gasteiger partial charge in [-0.1, -0.05) is 5.16 Å². The summed E-state index contributed by atoms with van der Waals surface area (Å²) in [6.07, 6.45) is 5.50. The predicted molar refractivity (Wildman–Crippen MR) is 75.0 cm³/mol. The maximum absolute atomic E-state index is 5.25. The van der Waals surface area contributed by atoms with Crippen LogP contribution < -0.4 is 5.32 Å². The topological polar surface area (TPSA) is 63.8 Å². The Hall–Kier alpha value is -1.40. The highest BCUT2D eigenvalue weighted by atomic mass is 32.2. The van der Waals surface area contributed by atoms with Crippen LogP contribution in [0.4, 0.5) is 0 Å². The molecule has 0 spiro atoms. The first-order valence-electron chi connectivity index (χ1n) is 6.46. The summed E-state index contributed by atoms with van der Waals surface area (Å²) in [6.45, 7) is 0.889. The molecule has 2 aromatic heterocycles. The SMILES string of the molecule is c1cncc(-c2noc(CCN[C@H]3CCSC3)n2)c1. The van der Waals surface area contributed by atoms with E-state index in [1.807, 2.05) is 23.9 Å². The Morgan fingerprint density at radius 1 is 1.47 bits per heavy atom. The maximum Gasteiger partial charge on any atom is 0.228 e. The number of aromatic nitrogens is 3. The van der Waals surface area contributed by atoms with Gasteiger partial charge in [-0.2, -0.15) is 16.7 Å². The zero-order valence-corrected chi connectivity index (χ0v) is 11.4. The summed E-state index contributed by atoms with van der Waals surface area (Å²) in [7, 11) is 0. The quantitative estimate of drug-likeness (QED) is 0.898. The van der Waals surface area contributed by atoms with Crippen molar-refractivity contribution in [2.24, 2.45) is 0 Å². The highest BCUT2D eigenvalue weighted by molar-refractivity contribution is 7.99. The lowest BCUT2D eigenvalue weighted by atomic mass is 10.2. The molecule has 0 unspecified atom stereocenters. The zero-order chi connectivity index (χ0) is 12.9. The zero-order valence-electron chi connectivity index (χ0n) is 10.6. The molecule has 5 nitrogen and oxygen atoms in total. The van der Waals surface area contributed by atoms with E-state index in [0.717, 1.165) is 18.5 Å². The summed E-state index contributed by atoms with van der Waals surface area (Å²) in [5.41, 5.74) is 0.887. The molecule has 1 saturated heterocycles. The van der Waals surface area contributed by atoms with Crippen LogP contribution in [0, 0.1) is 0 Å². The van der Waals surface area contributed by atoms with Gasteiger partial charge in [0.05, 0.1) is 0 Å². The Balaban J connectivity index is 1.53. The van der Waals surface area contributed by atoms with Gasteiger partial charge in [0.15, 0.2) is 0 Å². The Morgan fingerprint density at radius 2 is 2.47 bits per heavy atom. The van der Waals surface area contributed by atoms with Crippen molar-refractivity contribution in [2.75, 3.05) is 18.1 Å². The molecule has 1 fully saturated rings. The fraction of sp³-hybridized carbons (Fsp3) is 0.462. The molecular formula is C13H16N4OS. The fourth-order valence-corrected chi connectivity index (χ4v) is 3.23. The molecule has 1 aliphatic rings. The predicted octanol–water partition coefficient (Wildman–Crippen LogP) is 1.77. The Bertz CT molecular complexity index is 510. The molecule has 1 N–H and O–H groups in total. The lowest BCUT2D eigenvalue weighted by Crippen LogP contribution is -2.30. The Labute approximate surface area is 116 Å². The van der Waals surface area contributed by atoms with Crippen molar-refractivity contribution >= 4 is 11.8 Å². The third-order valence-corrected chi connectivity index (χ3v) is 4.25. The lowest BCUT2D eigenvalue weighted by molar-refractivity contribution is 0.373. The molecule has 100 valence electrons. The molecule has 0 radical (unpaired) electrons. The number of thioether (sulfide) groups is 1. The molecule has 2 aromatic rings. The second-order valence-electron chi connectivity index (χ2n) is 4.52. The van der Waals surface area contributed by atoms with Crippen molar-refractivity contribution in [1.29, 1.82) is 0 Å². The summed E-state index contributed by atoms with van der Waals surface area (Å²) in [5, 5.41) is 7.50. The van der Waals surface area contributed by atoms with Gasteiger partial charge in [0.25, 0.3) is 0 Å². The molecule has 0 bridgehead atoms. The van der Waals surface area contributed by atoms with Gasteiger partial charge in [-0.25, -0.2) is 0 Å². The normalized spacial score (nSPS) is 18.8. The van der Waals surface area contributed by atoms with Gasteiger partial charge in [0.1, 0.15) is 0 Å². The molecule has 0 aromatic carbocycles. The number of nitrogens with one attached hydrogen (secondary N) is 1. The van der Waals surface area contributed by atoms with Gasteiger partial charge in [-0.3, -0.25) is 4.98 Å². The van der Waals surface area contributed by atoms with Crippen molar-refractivity contribution in [3.05, 3.63) is 30.4 Å². The number of hydrogen-bond donors (Lipinski definition) is 1. The van der Waals surface area contributed by atoms with Gasteiger partial charge in [-0.05, 0) is 24.3 Å². The van der Waals surface area contributed by atoms with Gasteiger partial charge in [0, 0.05) is 42.7 Å².